The van der Waals surface area contributed by atoms with Gasteiger partial charge in [-0.2, -0.15) is 0 Å². The highest BCUT2D eigenvalue weighted by Gasteiger charge is 2.29. The van der Waals surface area contributed by atoms with Crippen molar-refractivity contribution < 1.29 is 0 Å². The fraction of sp³-hybridized carbons (Fsp3) is 0.550. The van der Waals surface area contributed by atoms with Gasteiger partial charge in [0.1, 0.15) is 5.82 Å². The van der Waals surface area contributed by atoms with Gasteiger partial charge in [0.05, 0.1) is 11.4 Å². The van der Waals surface area contributed by atoms with Crippen LogP contribution >= 0.6 is 11.6 Å². The summed E-state index contributed by atoms with van der Waals surface area (Å²) in [6.07, 6.45) is 2.38. The Labute approximate surface area is 155 Å². The molecule has 0 amide bonds. The van der Waals surface area contributed by atoms with Crippen molar-refractivity contribution in [2.75, 3.05) is 19.6 Å². The Bertz CT molecular complexity index is 746. The summed E-state index contributed by atoms with van der Waals surface area (Å²) < 4.78 is 2.41. The van der Waals surface area contributed by atoms with Crippen molar-refractivity contribution in [3.05, 3.63) is 52.1 Å². The van der Waals surface area contributed by atoms with Gasteiger partial charge >= 0.3 is 0 Å². The molecule has 0 spiro atoms. The Morgan fingerprint density at radius 3 is 2.80 bits per heavy atom. The Hall–Kier alpha value is -1.36. The van der Waals surface area contributed by atoms with Gasteiger partial charge in [0.2, 0.25) is 0 Å². The number of halogens is 1. The van der Waals surface area contributed by atoms with Gasteiger partial charge in [0.15, 0.2) is 0 Å². The predicted octanol–water partition coefficient (Wildman–Crippen LogP) is 3.89. The van der Waals surface area contributed by atoms with E-state index in [0.29, 0.717) is 12.0 Å². The molecule has 4 rings (SSSR count). The molecule has 134 valence electrons. The molecule has 1 aromatic carbocycles. The summed E-state index contributed by atoms with van der Waals surface area (Å²) in [4.78, 5) is 7.52. The van der Waals surface area contributed by atoms with Gasteiger partial charge in [-0.1, -0.05) is 23.7 Å². The van der Waals surface area contributed by atoms with Crippen LogP contribution < -0.4 is 5.32 Å². The van der Waals surface area contributed by atoms with Gasteiger partial charge in [-0.3, -0.25) is 4.90 Å². The summed E-state index contributed by atoms with van der Waals surface area (Å²) >= 11 is 6.17. The number of rotatable bonds is 3. The Morgan fingerprint density at radius 2 is 2.04 bits per heavy atom. The number of nitrogens with zero attached hydrogens (tertiary/aromatic N) is 3. The first-order valence-corrected chi connectivity index (χ1v) is 9.77. The van der Waals surface area contributed by atoms with E-state index in [1.54, 1.807) is 0 Å². The molecule has 2 aliphatic rings. The van der Waals surface area contributed by atoms with E-state index in [9.17, 15) is 0 Å². The zero-order chi connectivity index (χ0) is 17.4. The third kappa shape index (κ3) is 3.35. The van der Waals surface area contributed by atoms with Crippen molar-refractivity contribution >= 4 is 11.6 Å². The van der Waals surface area contributed by atoms with Gasteiger partial charge in [-0.25, -0.2) is 4.98 Å². The van der Waals surface area contributed by atoms with E-state index in [-0.39, 0.29) is 0 Å². The third-order valence-corrected chi connectivity index (χ3v) is 6.13. The van der Waals surface area contributed by atoms with Crippen LogP contribution in [0.2, 0.25) is 5.02 Å². The lowest BCUT2D eigenvalue weighted by Crippen LogP contribution is -2.36. The van der Waals surface area contributed by atoms with E-state index < -0.39 is 0 Å². The third-order valence-electron chi connectivity index (χ3n) is 5.89. The molecule has 2 aliphatic heterocycles. The molecule has 1 saturated heterocycles. The van der Waals surface area contributed by atoms with Gasteiger partial charge in [-0.05, 0) is 57.5 Å². The Balaban J connectivity index is 1.45. The van der Waals surface area contributed by atoms with E-state index in [2.05, 4.69) is 40.8 Å². The first kappa shape index (κ1) is 17.1. The first-order chi connectivity index (χ1) is 12.1. The lowest BCUT2D eigenvalue weighted by atomic mass is 9.90. The molecular formula is C20H27ClN4. The molecule has 0 aliphatic carbocycles. The zero-order valence-electron chi connectivity index (χ0n) is 15.1. The second-order valence-corrected chi connectivity index (χ2v) is 7.80. The van der Waals surface area contributed by atoms with Crippen LogP contribution in [0, 0.1) is 6.92 Å². The number of piperidine rings is 1. The molecule has 2 aromatic rings. The monoisotopic (exact) mass is 358 g/mol. The fourth-order valence-electron chi connectivity index (χ4n) is 4.38. The number of hydrogen-bond donors (Lipinski definition) is 1. The lowest BCUT2D eigenvalue weighted by Gasteiger charge is -2.36. The molecular weight excluding hydrogens is 332 g/mol. The van der Waals surface area contributed by atoms with Crippen LogP contribution in [0.15, 0.2) is 24.3 Å². The molecule has 3 heterocycles. The average Bonchev–Trinajstić information content (AvgIpc) is 2.98. The Morgan fingerprint density at radius 1 is 1.24 bits per heavy atom. The summed E-state index contributed by atoms with van der Waals surface area (Å²) in [6, 6.07) is 8.69. The van der Waals surface area contributed by atoms with Crippen LogP contribution in [-0.2, 0) is 13.1 Å². The van der Waals surface area contributed by atoms with Crippen molar-refractivity contribution in [1.29, 1.82) is 0 Å². The molecule has 0 radical (unpaired) electrons. The van der Waals surface area contributed by atoms with E-state index in [1.807, 2.05) is 12.1 Å². The topological polar surface area (TPSA) is 33.1 Å². The maximum absolute atomic E-state index is 6.17. The molecule has 1 aromatic heterocycles. The summed E-state index contributed by atoms with van der Waals surface area (Å²) in [5.74, 6) is 1.78. The van der Waals surface area contributed by atoms with E-state index in [0.717, 1.165) is 37.7 Å². The lowest BCUT2D eigenvalue weighted by molar-refractivity contribution is 0.161. The minimum absolute atomic E-state index is 0.416. The molecule has 0 saturated carbocycles. The van der Waals surface area contributed by atoms with Crippen molar-refractivity contribution in [1.82, 2.24) is 19.8 Å². The quantitative estimate of drug-likeness (QED) is 0.903. The van der Waals surface area contributed by atoms with Crippen molar-refractivity contribution in [3.63, 3.8) is 0 Å². The van der Waals surface area contributed by atoms with Crippen LogP contribution in [0.3, 0.4) is 0 Å². The van der Waals surface area contributed by atoms with Crippen molar-refractivity contribution in [2.45, 2.75) is 51.7 Å². The molecule has 4 nitrogen and oxygen atoms in total. The predicted molar refractivity (Wildman–Crippen MR) is 102 cm³/mol. The largest absolute Gasteiger partial charge is 0.330 e. The molecule has 1 unspecified atom stereocenters. The Kier molecular flexibility index (Phi) is 4.85. The number of aryl methyl sites for hydroxylation is 1. The van der Waals surface area contributed by atoms with E-state index in [4.69, 9.17) is 16.6 Å². The summed E-state index contributed by atoms with van der Waals surface area (Å²) in [7, 11) is 0. The van der Waals surface area contributed by atoms with Crippen molar-refractivity contribution in [3.8, 4) is 0 Å². The number of hydrogen-bond acceptors (Lipinski definition) is 3. The number of likely N-dealkylation sites (tertiary alicyclic amines) is 1. The normalized spacial score (nSPS) is 20.4. The summed E-state index contributed by atoms with van der Waals surface area (Å²) in [5.41, 5.74) is 4.08. The van der Waals surface area contributed by atoms with Gasteiger partial charge in [-0.15, -0.1) is 0 Å². The molecule has 25 heavy (non-hydrogen) atoms. The maximum Gasteiger partial charge on any atom is 0.106 e. The van der Waals surface area contributed by atoms with Crippen LogP contribution in [0.4, 0.5) is 0 Å². The molecule has 0 bridgehead atoms. The van der Waals surface area contributed by atoms with Crippen LogP contribution in [0.5, 0.6) is 0 Å². The summed E-state index contributed by atoms with van der Waals surface area (Å²) in [6.45, 7) is 9.76. The average molecular weight is 359 g/mol. The highest BCUT2D eigenvalue weighted by atomic mass is 35.5. The van der Waals surface area contributed by atoms with E-state index in [1.165, 1.54) is 35.6 Å². The first-order valence-electron chi connectivity index (χ1n) is 9.39. The van der Waals surface area contributed by atoms with Crippen LogP contribution in [0.25, 0.3) is 0 Å². The van der Waals surface area contributed by atoms with Gasteiger partial charge < -0.3 is 9.88 Å². The minimum atomic E-state index is 0.416. The zero-order valence-corrected chi connectivity index (χ0v) is 15.9. The van der Waals surface area contributed by atoms with Gasteiger partial charge in [0, 0.05) is 36.6 Å². The minimum Gasteiger partial charge on any atom is -0.330 e. The smallest absolute Gasteiger partial charge is 0.106 e. The van der Waals surface area contributed by atoms with Crippen molar-refractivity contribution in [2.24, 2.45) is 0 Å². The van der Waals surface area contributed by atoms with Crippen LogP contribution in [-0.4, -0.2) is 34.1 Å². The summed E-state index contributed by atoms with van der Waals surface area (Å²) in [5, 5.41) is 4.33. The maximum atomic E-state index is 6.17. The number of nitrogens with one attached hydrogen (secondary N) is 1. The van der Waals surface area contributed by atoms with Crippen LogP contribution in [0.1, 0.15) is 54.5 Å². The highest BCUT2D eigenvalue weighted by Crippen LogP contribution is 2.34. The number of imidazole rings is 1. The standard InChI is InChI=1S/C20H27ClN4/c1-14(17-4-3-5-18(21)12-17)24-9-6-16(7-10-24)20-19-13-22-8-11-25(19)15(2)23-20/h3-5,12,14,16,22H,6-11,13H2,1-2H3. The number of fused-ring (bicyclic) bond motifs is 1. The fourth-order valence-corrected chi connectivity index (χ4v) is 4.58. The molecule has 1 N–H and O–H groups in total. The molecule has 1 fully saturated rings. The molecule has 1 atom stereocenters. The second kappa shape index (κ2) is 7.10. The van der Waals surface area contributed by atoms with Gasteiger partial charge in [0.25, 0.3) is 0 Å². The second-order valence-electron chi connectivity index (χ2n) is 7.36. The number of benzene rings is 1. The molecule has 5 heteroatoms. The van der Waals surface area contributed by atoms with E-state index >= 15 is 0 Å². The number of aromatic nitrogens is 2. The highest BCUT2D eigenvalue weighted by molar-refractivity contribution is 6.30. The SMILES string of the molecule is Cc1nc(C2CCN(C(C)c3cccc(Cl)c3)CC2)c2n1CCNC2.